The van der Waals surface area contributed by atoms with Crippen LogP contribution < -0.4 is 5.73 Å². The normalized spacial score (nSPS) is 12.0. The molecule has 0 aliphatic rings. The van der Waals surface area contributed by atoms with Gasteiger partial charge in [0.25, 0.3) is 0 Å². The van der Waals surface area contributed by atoms with Crippen molar-refractivity contribution in [1.29, 1.82) is 0 Å². The van der Waals surface area contributed by atoms with Gasteiger partial charge in [-0.15, -0.1) is 22.7 Å². The Labute approximate surface area is 130 Å². The van der Waals surface area contributed by atoms with Gasteiger partial charge in [-0.2, -0.15) is 0 Å². The summed E-state index contributed by atoms with van der Waals surface area (Å²) in [5.74, 6) is -1.40. The maximum atomic E-state index is 12.4. The van der Waals surface area contributed by atoms with E-state index in [9.17, 15) is 9.59 Å². The number of carbonyl (C=O) groups excluding carboxylic acids is 1. The number of amides is 1. The number of carbonyl (C=O) groups is 2. The first-order valence-corrected chi connectivity index (χ1v) is 8.13. The molecule has 2 rings (SSSR count). The average Bonchev–Trinajstić information content (AvgIpc) is 3.09. The maximum absolute atomic E-state index is 12.4. The second-order valence-corrected chi connectivity index (χ2v) is 6.62. The molecule has 0 spiro atoms. The molecule has 1 atom stereocenters. The van der Waals surface area contributed by atoms with Gasteiger partial charge in [0.2, 0.25) is 5.91 Å². The average molecular weight is 324 g/mol. The summed E-state index contributed by atoms with van der Waals surface area (Å²) in [6, 6.07) is 6.72. The highest BCUT2D eigenvalue weighted by Gasteiger charge is 2.24. The lowest BCUT2D eigenvalue weighted by atomic mass is 10.2. The Hall–Kier alpha value is -1.70. The number of thiophene rings is 2. The molecule has 1 amide bonds. The lowest BCUT2D eigenvalue weighted by molar-refractivity contribution is -0.142. The highest BCUT2D eigenvalue weighted by atomic mass is 32.1. The molecule has 2 heterocycles. The molecule has 0 aliphatic heterocycles. The van der Waals surface area contributed by atoms with Crippen molar-refractivity contribution in [1.82, 2.24) is 4.90 Å². The molecule has 112 valence electrons. The van der Waals surface area contributed by atoms with Crippen LogP contribution in [0.2, 0.25) is 0 Å². The lowest BCUT2D eigenvalue weighted by Gasteiger charge is -2.24. The van der Waals surface area contributed by atoms with Gasteiger partial charge in [-0.1, -0.05) is 12.1 Å². The number of hydrogen-bond acceptors (Lipinski definition) is 5. The van der Waals surface area contributed by atoms with Crippen LogP contribution in [0, 0.1) is 0 Å². The van der Waals surface area contributed by atoms with Crippen LogP contribution in [0.5, 0.6) is 0 Å². The van der Waals surface area contributed by atoms with Gasteiger partial charge in [0.1, 0.15) is 0 Å². The van der Waals surface area contributed by atoms with E-state index in [1.54, 1.807) is 27.6 Å². The van der Waals surface area contributed by atoms with E-state index >= 15 is 0 Å². The highest BCUT2D eigenvalue weighted by molar-refractivity contribution is 7.10. The minimum Gasteiger partial charge on any atom is -0.481 e. The third-order valence-electron chi connectivity index (χ3n) is 2.88. The van der Waals surface area contributed by atoms with Crippen molar-refractivity contribution in [3.63, 3.8) is 0 Å². The van der Waals surface area contributed by atoms with Gasteiger partial charge in [-0.05, 0) is 22.9 Å². The van der Waals surface area contributed by atoms with Gasteiger partial charge in [0.05, 0.1) is 25.6 Å². The van der Waals surface area contributed by atoms with Crippen LogP contribution in [0.25, 0.3) is 0 Å². The third kappa shape index (κ3) is 4.66. The number of nitrogens with two attached hydrogens (primary N) is 1. The topological polar surface area (TPSA) is 83.6 Å². The molecule has 21 heavy (non-hydrogen) atoms. The highest BCUT2D eigenvalue weighted by Crippen LogP contribution is 2.18. The van der Waals surface area contributed by atoms with Crippen molar-refractivity contribution < 1.29 is 14.7 Å². The molecule has 0 saturated heterocycles. The fourth-order valence-electron chi connectivity index (χ4n) is 1.90. The largest absolute Gasteiger partial charge is 0.481 e. The van der Waals surface area contributed by atoms with E-state index in [0.717, 1.165) is 9.75 Å². The van der Waals surface area contributed by atoms with Crippen molar-refractivity contribution in [2.24, 2.45) is 5.73 Å². The van der Waals surface area contributed by atoms with Crippen LogP contribution in [0.3, 0.4) is 0 Å². The predicted molar refractivity (Wildman–Crippen MR) is 83.1 cm³/mol. The van der Waals surface area contributed by atoms with E-state index in [1.807, 2.05) is 35.0 Å². The van der Waals surface area contributed by atoms with Gasteiger partial charge in [0, 0.05) is 9.75 Å². The minimum atomic E-state index is -1.07. The van der Waals surface area contributed by atoms with Gasteiger partial charge in [-0.3, -0.25) is 9.59 Å². The molecule has 0 fully saturated rings. The van der Waals surface area contributed by atoms with Crippen LogP contribution in [-0.2, 0) is 22.7 Å². The molecule has 0 radical (unpaired) electrons. The van der Waals surface area contributed by atoms with Crippen molar-refractivity contribution in [2.45, 2.75) is 25.6 Å². The lowest BCUT2D eigenvalue weighted by Crippen LogP contribution is -2.44. The van der Waals surface area contributed by atoms with E-state index in [1.165, 1.54) is 0 Å². The van der Waals surface area contributed by atoms with Crippen LogP contribution in [0.4, 0.5) is 0 Å². The number of hydrogen-bond donors (Lipinski definition) is 2. The molecule has 0 aliphatic carbocycles. The zero-order chi connectivity index (χ0) is 15.2. The maximum Gasteiger partial charge on any atom is 0.305 e. The molecular formula is C14H16N2O3S2. The first kappa shape index (κ1) is 15.7. The molecule has 3 N–H and O–H groups in total. The first-order chi connectivity index (χ1) is 10.1. The molecule has 5 nitrogen and oxygen atoms in total. The summed E-state index contributed by atoms with van der Waals surface area (Å²) < 4.78 is 0. The Morgan fingerprint density at radius 1 is 1.14 bits per heavy atom. The molecule has 7 heteroatoms. The van der Waals surface area contributed by atoms with Crippen molar-refractivity contribution in [2.75, 3.05) is 0 Å². The van der Waals surface area contributed by atoms with Crippen LogP contribution >= 0.6 is 22.7 Å². The molecule has 0 saturated carbocycles. The third-order valence-corrected chi connectivity index (χ3v) is 4.60. The van der Waals surface area contributed by atoms with E-state index < -0.39 is 12.0 Å². The summed E-state index contributed by atoms with van der Waals surface area (Å²) in [6.07, 6.45) is -0.357. The van der Waals surface area contributed by atoms with E-state index in [0.29, 0.717) is 13.1 Å². The van der Waals surface area contributed by atoms with Gasteiger partial charge < -0.3 is 15.7 Å². The zero-order valence-electron chi connectivity index (χ0n) is 11.3. The molecule has 2 aromatic rings. The Morgan fingerprint density at radius 3 is 2.05 bits per heavy atom. The monoisotopic (exact) mass is 324 g/mol. The first-order valence-electron chi connectivity index (χ1n) is 6.37. The number of nitrogens with zero attached hydrogens (tertiary/aromatic N) is 1. The summed E-state index contributed by atoms with van der Waals surface area (Å²) in [5.41, 5.74) is 5.71. The second kappa shape index (κ2) is 7.35. The Kier molecular flexibility index (Phi) is 5.49. The number of rotatable bonds is 7. The summed E-state index contributed by atoms with van der Waals surface area (Å²) in [6.45, 7) is 0.892. The standard InChI is InChI=1S/C14H16N2O3S2/c15-12(7-13(17)18)14(19)16(8-10-3-1-5-20-10)9-11-4-2-6-21-11/h1-6,12H,7-9,15H2,(H,17,18). The molecule has 0 bridgehead atoms. The van der Waals surface area contributed by atoms with E-state index in [-0.39, 0.29) is 12.3 Å². The van der Waals surface area contributed by atoms with Gasteiger partial charge in [-0.25, -0.2) is 0 Å². The summed E-state index contributed by atoms with van der Waals surface area (Å²) in [5, 5.41) is 12.7. The Bertz CT molecular complexity index is 545. The summed E-state index contributed by atoms with van der Waals surface area (Å²) in [4.78, 5) is 26.8. The van der Waals surface area contributed by atoms with Crippen LogP contribution in [0.15, 0.2) is 35.0 Å². The molecule has 0 aromatic carbocycles. The van der Waals surface area contributed by atoms with Gasteiger partial charge >= 0.3 is 5.97 Å². The van der Waals surface area contributed by atoms with Crippen LogP contribution in [0.1, 0.15) is 16.2 Å². The Morgan fingerprint density at radius 2 is 1.67 bits per heavy atom. The summed E-state index contributed by atoms with van der Waals surface area (Å²) >= 11 is 3.12. The fourth-order valence-corrected chi connectivity index (χ4v) is 3.34. The Balaban J connectivity index is 2.10. The molecule has 1 unspecified atom stereocenters. The van der Waals surface area contributed by atoms with Gasteiger partial charge in [0.15, 0.2) is 0 Å². The predicted octanol–water partition coefficient (Wildman–Crippen LogP) is 2.14. The van der Waals surface area contributed by atoms with Crippen molar-refractivity contribution in [3.8, 4) is 0 Å². The number of carboxylic acids is 1. The summed E-state index contributed by atoms with van der Waals surface area (Å²) in [7, 11) is 0. The second-order valence-electron chi connectivity index (χ2n) is 4.56. The number of carboxylic acid groups (broad SMARTS) is 1. The number of aliphatic carboxylic acids is 1. The zero-order valence-corrected chi connectivity index (χ0v) is 12.9. The quantitative estimate of drug-likeness (QED) is 0.817. The fraction of sp³-hybridized carbons (Fsp3) is 0.286. The van der Waals surface area contributed by atoms with E-state index in [2.05, 4.69) is 0 Å². The minimum absolute atomic E-state index is 0.334. The van der Waals surface area contributed by atoms with Crippen molar-refractivity contribution in [3.05, 3.63) is 44.8 Å². The SMILES string of the molecule is NC(CC(=O)O)C(=O)N(Cc1cccs1)Cc1cccs1. The smallest absolute Gasteiger partial charge is 0.305 e. The molecular weight excluding hydrogens is 308 g/mol. The van der Waals surface area contributed by atoms with Crippen LogP contribution in [-0.4, -0.2) is 27.9 Å². The molecule has 2 aromatic heterocycles. The van der Waals surface area contributed by atoms with Crippen molar-refractivity contribution >= 4 is 34.6 Å². The van der Waals surface area contributed by atoms with E-state index in [4.69, 9.17) is 10.8 Å².